The Bertz CT molecular complexity index is 7220. The first kappa shape index (κ1) is 88.8. The molecule has 34 nitrogen and oxygen atoms in total. The van der Waals surface area contributed by atoms with Gasteiger partial charge in [-0.25, -0.2) is 73.2 Å². The smallest absolute Gasteiger partial charge is 1.00 e. The van der Waals surface area contributed by atoms with E-state index in [2.05, 4.69) is 139 Å². The number of halogens is 4. The van der Waals surface area contributed by atoms with Gasteiger partial charge in [0.05, 0.1) is 91.4 Å². The fourth-order valence-corrected chi connectivity index (χ4v) is 16.4. The Morgan fingerprint density at radius 1 is 0.469 bits per heavy atom. The number of nitrogens with zero attached hydrogens (tertiary/aromatic N) is 20. The van der Waals surface area contributed by atoms with Crippen LogP contribution in [0.1, 0.15) is 176 Å². The van der Waals surface area contributed by atoms with Crippen LogP contribution in [0.5, 0.6) is 0 Å². The summed E-state index contributed by atoms with van der Waals surface area (Å²) in [5.74, 6) is 2.05. The molecule has 14 N–H and O–H groups in total. The second-order valence-electron chi connectivity index (χ2n) is 31.5. The first-order chi connectivity index (χ1) is 60.6. The first-order valence-electron chi connectivity index (χ1n) is 40.6. The number of nitrogen functional groups attached to an aromatic ring is 5. The number of aromatic amines is 2. The second-order valence-corrected chi connectivity index (χ2v) is 38.5. The molecule has 6 aliphatic carbocycles. The van der Waals surface area contributed by atoms with Crippen molar-refractivity contribution in [3.8, 4) is 0 Å². The van der Waals surface area contributed by atoms with E-state index >= 15 is 0 Å². The van der Waals surface area contributed by atoms with Crippen LogP contribution in [0.15, 0.2) is 159 Å². The molecule has 5 fully saturated rings. The predicted molar refractivity (Wildman–Crippen MR) is 495 cm³/mol. The number of nitrogens with two attached hydrogens (primary N) is 5. The molecule has 128 heavy (non-hydrogen) atoms. The molecule has 17 aromatic rings. The Labute approximate surface area is 774 Å². The van der Waals surface area contributed by atoms with Crippen LogP contribution < -0.4 is 68.9 Å². The van der Waals surface area contributed by atoms with Crippen LogP contribution in [0.3, 0.4) is 0 Å². The zero-order chi connectivity index (χ0) is 86.1. The molecule has 0 spiro atoms. The Kier molecular flexibility index (Phi) is 25.7. The average Bonchev–Trinajstić information content (AvgIpc) is 1.64. The monoisotopic (exact) mass is 1820 g/mol. The maximum Gasteiger partial charge on any atom is 1.00 e. The summed E-state index contributed by atoms with van der Waals surface area (Å²) >= 11 is 20.3. The Morgan fingerprint density at radius 2 is 0.867 bits per heavy atom. The van der Waals surface area contributed by atoms with Crippen molar-refractivity contribution in [2.45, 2.75) is 140 Å². The van der Waals surface area contributed by atoms with E-state index < -0.39 is 5.20 Å². The fourth-order valence-electron chi connectivity index (χ4n) is 16.1. The molecule has 0 saturated heterocycles. The number of benzene rings is 5. The Balaban J connectivity index is 0.000000119. The van der Waals surface area contributed by atoms with Crippen molar-refractivity contribution < 1.29 is 54.7 Å². The van der Waals surface area contributed by atoms with E-state index in [1.165, 1.54) is 53.7 Å². The molecule has 12 aromatic heterocycles. The number of aldehydes is 1. The maximum atomic E-state index is 12.4. The molecule has 643 valence electrons. The van der Waals surface area contributed by atoms with E-state index in [-0.39, 0.29) is 64.6 Å². The minimum atomic E-state index is -3.22. The third-order valence-corrected chi connectivity index (χ3v) is 23.1. The van der Waals surface area contributed by atoms with Gasteiger partial charge in [0.15, 0.2) is 34.5 Å². The van der Waals surface area contributed by atoms with Crippen molar-refractivity contribution in [3.63, 3.8) is 0 Å². The summed E-state index contributed by atoms with van der Waals surface area (Å²) in [7, 11) is 0. The molecule has 41 heteroatoms. The number of hydrogen-bond acceptors (Lipinski definition) is 25. The predicted octanol–water partition coefficient (Wildman–Crippen LogP) is 12.6. The van der Waals surface area contributed by atoms with E-state index in [4.69, 9.17) is 55.6 Å². The third kappa shape index (κ3) is 18.5. The molecule has 5 aromatic carbocycles. The summed E-state index contributed by atoms with van der Waals surface area (Å²) < 4.78 is 19.2. The zero-order valence-electron chi connectivity index (χ0n) is 69.1. The zero-order valence-corrected chi connectivity index (χ0v) is 74.1. The number of ketones is 1. The van der Waals surface area contributed by atoms with Gasteiger partial charge in [-0.3, -0.25) is 23.7 Å². The summed E-state index contributed by atoms with van der Waals surface area (Å²) in [4.78, 5) is 95.0. The normalized spacial score (nSPS) is 16.0. The number of rotatable bonds is 13. The van der Waals surface area contributed by atoms with Gasteiger partial charge < -0.3 is 50.7 Å². The van der Waals surface area contributed by atoms with Crippen LogP contribution in [0, 0.1) is 0 Å². The van der Waals surface area contributed by atoms with E-state index in [0.717, 1.165) is 171 Å². The van der Waals surface area contributed by atoms with Gasteiger partial charge in [0.2, 0.25) is 5.91 Å². The number of nitrogens with one attached hydrogen (secondary N) is 4. The molecule has 25 rings (SSSR count). The van der Waals surface area contributed by atoms with Gasteiger partial charge in [-0.05, 0) is 151 Å². The van der Waals surface area contributed by atoms with Crippen molar-refractivity contribution in [1.82, 2.24) is 109 Å². The van der Waals surface area contributed by atoms with Gasteiger partial charge >= 0.3 is 34.8 Å². The molecule has 0 bridgehead atoms. The molecule has 2 amide bonds. The summed E-state index contributed by atoms with van der Waals surface area (Å²) in [6, 6.07) is 41.8. The van der Waals surface area contributed by atoms with E-state index in [0.29, 0.717) is 136 Å². The number of Topliss-reactive ketones (excluding diaryl/α,β-unsaturated/α-hetero) is 1. The van der Waals surface area contributed by atoms with E-state index in [1.54, 1.807) is 10.8 Å². The SMILES string of the molecule is C.Nc1ncnc2c1c(/C=C1\C(=O)Nc3ccccc31)nn2C1CC1.Nc1ncnc2c1c(C=O)nn2C1CC1.Nc1ncnc2c1c(CC1C(=O)Nc3ccccc31)nn2C1CC1.Nc1ncnc2c1c(Cc1c(Cl)[nH]c3ccccc13)nn2C1CC1.Nc1ncnc2c1c(Cc1c[nH]c3ccccc13)nn2C1CC1.O=C1Cc2ccccc2C1.O=P(Cl)(Cl)Cl.[B].[H-].[Na+]. The number of hydrogen-bond donors (Lipinski definition) is 9. The van der Waals surface area contributed by atoms with Crippen LogP contribution in [0.4, 0.5) is 40.5 Å². The first-order valence-corrected chi connectivity index (χ1v) is 45.4. The van der Waals surface area contributed by atoms with Gasteiger partial charge in [-0.15, -0.1) is 0 Å². The van der Waals surface area contributed by atoms with E-state index in [1.807, 2.05) is 122 Å². The van der Waals surface area contributed by atoms with Gasteiger partial charge in [0, 0.05) is 91.0 Å². The largest absolute Gasteiger partial charge is 1.00 e. The standard InChI is InChI=1S/C17H15ClN6.C17H16N6O.C17H14N6O.C17H16N6.C9H9N5O.C9H8O.CH4.B.Cl3OP.Na.H/c18-15-11(10-3-1-2-4-12(10)22-15)7-13-14-16(19)20-8-21-17(14)24(23-13)9-5-6-9;2*18-15-14-13(22-23(9-5-6-9)16(14)20-8-19-15)7-11-10-3-1-2-4-12(10)21-17(11)24;18-16-15-14(7-10-8-19-13-4-2-1-3-12(10)13)22-23(11-5-6-11)17(15)21-9-20-16;10-8-7-6(3-15)13-14(5-1-2-5)9(7)12-4-11-8;10-9-5-7-3-1-2-4-8(7)6-9;;;1-5(2,3)4;;/h1-4,8-9,22H,5-7H2,(H2,19,20,21);1-4,8-9,11H,5-7H2,(H,21,24)(H2,18,19,20);1-4,7-9H,5-6H2,(H,21,24)(H2,18,19,20);1-4,8-9,11,19H,5-7H2,(H2,18,20,21);3-5H,1-2H2,(H2,10,11,12);1-4H,5-6H2;1H4;;;;/q;;;;;;;;;+1;-1/b;;11-7-;;;;;;;;. The van der Waals surface area contributed by atoms with Crippen molar-refractivity contribution in [1.29, 1.82) is 0 Å². The molecule has 8 aliphatic rings. The minimum Gasteiger partial charge on any atom is -1.00 e. The van der Waals surface area contributed by atoms with Gasteiger partial charge in [0.25, 0.3) is 5.91 Å². The quantitative estimate of drug-likeness (QED) is 0.0224. The van der Waals surface area contributed by atoms with E-state index in [9.17, 15) is 23.7 Å². The van der Waals surface area contributed by atoms with Crippen molar-refractivity contribution in [2.24, 2.45) is 0 Å². The molecule has 1 atom stereocenters. The summed E-state index contributed by atoms with van der Waals surface area (Å²) in [6.07, 6.45) is 26.1. The van der Waals surface area contributed by atoms with Gasteiger partial charge in [0.1, 0.15) is 77.4 Å². The topological polar surface area (TPSA) is 489 Å². The van der Waals surface area contributed by atoms with Crippen LogP contribution >= 0.6 is 50.5 Å². The molecule has 14 heterocycles. The summed E-state index contributed by atoms with van der Waals surface area (Å²) in [5, 5.41) is 32.5. The van der Waals surface area contributed by atoms with Crippen LogP contribution in [0.2, 0.25) is 5.15 Å². The molecular formula is C87H83BCl4N29NaO5P. The third-order valence-electron chi connectivity index (χ3n) is 22.8. The molecule has 1 unspecified atom stereocenters. The maximum absolute atomic E-state index is 12.4. The van der Waals surface area contributed by atoms with Crippen LogP contribution in [-0.4, -0.2) is 141 Å². The van der Waals surface area contributed by atoms with Crippen molar-refractivity contribution in [3.05, 3.63) is 226 Å². The molecular weight excluding hydrogens is 1740 g/mol. The number of aromatic nitrogens is 22. The van der Waals surface area contributed by atoms with Crippen molar-refractivity contribution >= 4 is 212 Å². The molecule has 3 radical (unpaired) electrons. The number of H-pyrrole nitrogens is 2. The average molecular weight is 1820 g/mol. The summed E-state index contributed by atoms with van der Waals surface area (Å²) in [5.41, 5.74) is 48.5. The number of amides is 2. The van der Waals surface area contributed by atoms with Crippen LogP contribution in [0.25, 0.3) is 88.6 Å². The second kappa shape index (κ2) is 37.0. The summed E-state index contributed by atoms with van der Waals surface area (Å²) in [6.45, 7) is 0. The Morgan fingerprint density at radius 3 is 1.38 bits per heavy atom. The molecule has 5 saturated carbocycles. The number of anilines is 7. The number of carbonyl (C=O) groups excluding carboxylic acids is 4. The number of carbonyl (C=O) groups is 4. The van der Waals surface area contributed by atoms with Crippen molar-refractivity contribution in [2.75, 3.05) is 39.3 Å². The molecule has 2 aliphatic heterocycles. The minimum absolute atomic E-state index is 0. The number of fused-ring (bicyclic) bond motifs is 10. The Hall–Kier alpha value is -12.6. The van der Waals surface area contributed by atoms with Gasteiger partial charge in [-0.1, -0.05) is 116 Å². The number of para-hydroxylation sites is 4. The fraction of sp³-hybridized carbons (Fsp3) is 0.253. The van der Waals surface area contributed by atoms with Crippen LogP contribution in [-0.2, 0) is 51.1 Å². The van der Waals surface area contributed by atoms with Gasteiger partial charge in [-0.2, -0.15) is 25.5 Å².